The second kappa shape index (κ2) is 7.54. The number of fused-ring (bicyclic) bond motifs is 1. The number of nitrogens with one attached hydrogen (secondary N) is 2. The lowest BCUT2D eigenvalue weighted by Crippen LogP contribution is -2.28. The topological polar surface area (TPSA) is 83.0 Å². The van der Waals surface area contributed by atoms with Crippen LogP contribution in [0, 0.1) is 0 Å². The van der Waals surface area contributed by atoms with E-state index in [0.29, 0.717) is 12.0 Å². The Morgan fingerprint density at radius 2 is 2.04 bits per heavy atom. The van der Waals surface area contributed by atoms with E-state index in [1.54, 1.807) is 11.3 Å². The molecule has 0 aromatic carbocycles. The minimum atomic E-state index is 0.276. The molecular weight excluding hydrogens is 370 g/mol. The van der Waals surface area contributed by atoms with Gasteiger partial charge in [-0.2, -0.15) is 4.98 Å². The second-order valence-corrected chi connectivity index (χ2v) is 8.95. The molecule has 0 aliphatic heterocycles. The van der Waals surface area contributed by atoms with E-state index in [0.717, 1.165) is 59.8 Å². The number of aromatic nitrogens is 3. The number of aliphatic hydroxyl groups excluding tert-OH is 1. The predicted octanol–water partition coefficient (Wildman–Crippen LogP) is 4.93. The lowest BCUT2D eigenvalue weighted by Gasteiger charge is -2.26. The van der Waals surface area contributed by atoms with E-state index in [4.69, 9.17) is 9.97 Å². The second-order valence-electron chi connectivity index (χ2n) is 7.87. The molecule has 0 amide bonds. The molecule has 7 heteroatoms. The summed E-state index contributed by atoms with van der Waals surface area (Å²) in [6.07, 6.45) is 16.0. The number of thiazole rings is 1. The van der Waals surface area contributed by atoms with Gasteiger partial charge in [-0.15, -0.1) is 11.3 Å². The molecule has 0 spiro atoms. The van der Waals surface area contributed by atoms with Gasteiger partial charge in [0.2, 0.25) is 5.95 Å². The zero-order valence-electron chi connectivity index (χ0n) is 15.8. The van der Waals surface area contributed by atoms with Gasteiger partial charge in [-0.3, -0.25) is 0 Å². The fourth-order valence-corrected chi connectivity index (χ4v) is 5.04. The van der Waals surface area contributed by atoms with E-state index in [9.17, 15) is 5.11 Å². The van der Waals surface area contributed by atoms with E-state index in [1.807, 2.05) is 6.20 Å². The van der Waals surface area contributed by atoms with Crippen LogP contribution in [0.5, 0.6) is 0 Å². The van der Waals surface area contributed by atoms with Gasteiger partial charge in [0.05, 0.1) is 17.5 Å². The van der Waals surface area contributed by atoms with Gasteiger partial charge < -0.3 is 15.7 Å². The minimum absolute atomic E-state index is 0.276. The molecule has 2 aromatic heterocycles. The lowest BCUT2D eigenvalue weighted by atomic mass is 9.93. The average Bonchev–Trinajstić information content (AvgIpc) is 3.31. The Morgan fingerprint density at radius 1 is 1.11 bits per heavy atom. The molecule has 146 valence electrons. The number of aryl methyl sites for hydroxylation is 1. The Balaban J connectivity index is 1.46. The first-order chi connectivity index (χ1) is 13.8. The first kappa shape index (κ1) is 17.7. The zero-order chi connectivity index (χ0) is 18.9. The number of rotatable bonds is 5. The minimum Gasteiger partial charge on any atom is -0.516 e. The molecule has 5 rings (SSSR count). The van der Waals surface area contributed by atoms with Crippen LogP contribution in [0.2, 0.25) is 0 Å². The Kier molecular flexibility index (Phi) is 4.76. The van der Waals surface area contributed by atoms with Gasteiger partial charge in [0.15, 0.2) is 0 Å². The number of allylic oxidation sites excluding steroid dienone is 1. The van der Waals surface area contributed by atoms with Crippen molar-refractivity contribution in [1.82, 2.24) is 15.0 Å². The van der Waals surface area contributed by atoms with Crippen molar-refractivity contribution < 1.29 is 5.11 Å². The molecule has 3 aliphatic carbocycles. The average molecular weight is 396 g/mol. The van der Waals surface area contributed by atoms with Crippen molar-refractivity contribution in [2.75, 3.05) is 10.6 Å². The van der Waals surface area contributed by atoms with Crippen LogP contribution in [-0.2, 0) is 6.42 Å². The number of nitrogens with zero attached hydrogens (tertiary/aromatic N) is 3. The highest BCUT2D eigenvalue weighted by molar-refractivity contribution is 7.15. The molecule has 2 aromatic rings. The number of hydrogen-bond donors (Lipinski definition) is 3. The molecule has 6 nitrogen and oxygen atoms in total. The number of aliphatic hydroxyl groups is 1. The molecule has 0 radical (unpaired) electrons. The van der Waals surface area contributed by atoms with Crippen molar-refractivity contribution in [2.45, 2.75) is 63.5 Å². The van der Waals surface area contributed by atoms with Gasteiger partial charge in [0, 0.05) is 23.2 Å². The van der Waals surface area contributed by atoms with Crippen LogP contribution in [0.1, 0.15) is 55.5 Å². The van der Waals surface area contributed by atoms with Crippen LogP contribution in [-0.4, -0.2) is 32.1 Å². The lowest BCUT2D eigenvalue weighted by molar-refractivity contribution is 0.443. The van der Waals surface area contributed by atoms with Gasteiger partial charge in [-0.25, -0.2) is 9.97 Å². The third-order valence-electron chi connectivity index (χ3n) is 5.84. The molecule has 3 aliphatic rings. The van der Waals surface area contributed by atoms with Crippen molar-refractivity contribution in [1.29, 1.82) is 0 Å². The van der Waals surface area contributed by atoms with E-state index in [1.165, 1.54) is 30.4 Å². The standard InChI is InChI=1S/C21H25N5OS/c27-12-13-8-9-15(10-13)23-19-16(11-22-21(26-19)24-14-4-3-5-14)20-25-17-6-1-2-7-18(17)28-20/h1,6,11-12,14-15,27H,2-5,7-10H2,(H2,22,23,24,26)/b13-12+. The fraction of sp³-hybridized carbons (Fsp3) is 0.476. The summed E-state index contributed by atoms with van der Waals surface area (Å²) < 4.78 is 0. The molecule has 0 bridgehead atoms. The van der Waals surface area contributed by atoms with Gasteiger partial charge in [-0.05, 0) is 63.0 Å². The summed E-state index contributed by atoms with van der Waals surface area (Å²) in [7, 11) is 0. The van der Waals surface area contributed by atoms with Crippen molar-refractivity contribution in [3.63, 3.8) is 0 Å². The van der Waals surface area contributed by atoms with Crippen molar-refractivity contribution in [3.05, 3.63) is 34.7 Å². The van der Waals surface area contributed by atoms with Crippen LogP contribution in [0.25, 0.3) is 16.6 Å². The smallest absolute Gasteiger partial charge is 0.224 e. The maximum absolute atomic E-state index is 9.31. The van der Waals surface area contributed by atoms with Gasteiger partial charge in [0.25, 0.3) is 0 Å². The highest BCUT2D eigenvalue weighted by Gasteiger charge is 2.24. The summed E-state index contributed by atoms with van der Waals surface area (Å²) >= 11 is 1.75. The third kappa shape index (κ3) is 3.51. The Morgan fingerprint density at radius 3 is 2.79 bits per heavy atom. The molecule has 2 heterocycles. The molecular formula is C21H25N5OS. The summed E-state index contributed by atoms with van der Waals surface area (Å²) in [6.45, 7) is 0. The molecule has 1 atom stereocenters. The fourth-order valence-electron chi connectivity index (χ4n) is 3.96. The third-order valence-corrected chi connectivity index (χ3v) is 7.01. The summed E-state index contributed by atoms with van der Waals surface area (Å²) in [6, 6.07) is 0.768. The summed E-state index contributed by atoms with van der Waals surface area (Å²) in [4.78, 5) is 15.6. The van der Waals surface area contributed by atoms with Gasteiger partial charge >= 0.3 is 0 Å². The maximum atomic E-state index is 9.31. The molecule has 2 saturated carbocycles. The summed E-state index contributed by atoms with van der Waals surface area (Å²) in [5.41, 5.74) is 3.14. The van der Waals surface area contributed by atoms with E-state index < -0.39 is 0 Å². The first-order valence-corrected chi connectivity index (χ1v) is 11.0. The van der Waals surface area contributed by atoms with Gasteiger partial charge in [0.1, 0.15) is 10.8 Å². The van der Waals surface area contributed by atoms with Crippen LogP contribution in [0.4, 0.5) is 11.8 Å². The van der Waals surface area contributed by atoms with Gasteiger partial charge in [-0.1, -0.05) is 6.08 Å². The largest absolute Gasteiger partial charge is 0.516 e. The van der Waals surface area contributed by atoms with Crippen molar-refractivity contribution in [3.8, 4) is 10.6 Å². The Bertz CT molecular complexity index is 931. The molecule has 2 fully saturated rings. The van der Waals surface area contributed by atoms with E-state index >= 15 is 0 Å². The molecule has 28 heavy (non-hydrogen) atoms. The molecule has 1 unspecified atom stereocenters. The Labute approximate surface area is 168 Å². The van der Waals surface area contributed by atoms with Crippen molar-refractivity contribution in [2.24, 2.45) is 0 Å². The quantitative estimate of drug-likeness (QED) is 0.623. The summed E-state index contributed by atoms with van der Waals surface area (Å²) in [5.74, 6) is 1.53. The normalized spacial score (nSPS) is 22.9. The monoisotopic (exact) mass is 395 g/mol. The molecule has 3 N–H and O–H groups in total. The van der Waals surface area contributed by atoms with E-state index in [2.05, 4.69) is 27.8 Å². The van der Waals surface area contributed by atoms with Crippen molar-refractivity contribution >= 4 is 29.2 Å². The van der Waals surface area contributed by atoms with Crippen LogP contribution in [0.15, 0.2) is 24.1 Å². The number of hydrogen-bond acceptors (Lipinski definition) is 7. The summed E-state index contributed by atoms with van der Waals surface area (Å²) in [5, 5.41) is 17.3. The maximum Gasteiger partial charge on any atom is 0.224 e. The molecule has 0 saturated heterocycles. The van der Waals surface area contributed by atoms with Crippen LogP contribution in [0.3, 0.4) is 0 Å². The Hall–Kier alpha value is -2.41. The highest BCUT2D eigenvalue weighted by Crippen LogP contribution is 2.37. The highest BCUT2D eigenvalue weighted by atomic mass is 32.1. The predicted molar refractivity (Wildman–Crippen MR) is 114 cm³/mol. The number of anilines is 2. The first-order valence-electron chi connectivity index (χ1n) is 10.2. The van der Waals surface area contributed by atoms with Crippen LogP contribution >= 0.6 is 11.3 Å². The van der Waals surface area contributed by atoms with E-state index in [-0.39, 0.29) is 6.04 Å². The zero-order valence-corrected chi connectivity index (χ0v) is 16.6. The van der Waals surface area contributed by atoms with Crippen LogP contribution < -0.4 is 10.6 Å². The SMILES string of the molecule is O/C=C1\CCC(Nc2nc(NC3CCC3)ncc2-c2nc3c(s2)CCC=C3)C1.